The number of nitrogens with one attached hydrogen (secondary N) is 1. The van der Waals surface area contributed by atoms with Crippen molar-refractivity contribution in [2.45, 2.75) is 13.5 Å². The van der Waals surface area contributed by atoms with Gasteiger partial charge in [-0.2, -0.15) is 0 Å². The molecule has 2 aromatic carbocycles. The lowest BCUT2D eigenvalue weighted by molar-refractivity contribution is 0.0827. The van der Waals surface area contributed by atoms with Gasteiger partial charge in [0.1, 0.15) is 0 Å². The van der Waals surface area contributed by atoms with Crippen molar-refractivity contribution >= 4 is 11.8 Å². The van der Waals surface area contributed by atoms with E-state index >= 15 is 0 Å². The molecule has 0 aliphatic heterocycles. The van der Waals surface area contributed by atoms with E-state index in [-0.39, 0.29) is 11.8 Å². The van der Waals surface area contributed by atoms with Crippen LogP contribution in [-0.2, 0) is 6.54 Å². The third-order valence-electron chi connectivity index (χ3n) is 3.79. The van der Waals surface area contributed by atoms with Crippen LogP contribution in [0.5, 0.6) is 11.5 Å². The highest BCUT2D eigenvalue weighted by molar-refractivity contribution is 5.95. The first-order valence-electron chi connectivity index (χ1n) is 8.36. The summed E-state index contributed by atoms with van der Waals surface area (Å²) in [6.07, 6.45) is 0. The molecule has 2 amide bonds. The van der Waals surface area contributed by atoms with E-state index in [2.05, 4.69) is 5.32 Å². The number of nitrogens with zero attached hydrogens (tertiary/aromatic N) is 1. The Balaban J connectivity index is 2.01. The monoisotopic (exact) mass is 356 g/mol. The molecule has 0 heterocycles. The average molecular weight is 356 g/mol. The molecule has 138 valence electrons. The second-order valence-corrected chi connectivity index (χ2v) is 5.88. The van der Waals surface area contributed by atoms with E-state index in [1.54, 1.807) is 44.4 Å². The molecule has 26 heavy (non-hydrogen) atoms. The Hall–Kier alpha value is -3.02. The van der Waals surface area contributed by atoms with Crippen molar-refractivity contribution in [3.05, 3.63) is 59.2 Å². The molecule has 0 bridgehead atoms. The Morgan fingerprint density at radius 2 is 1.65 bits per heavy atom. The Kier molecular flexibility index (Phi) is 6.60. The molecule has 1 N–H and O–H groups in total. The number of hydrogen-bond acceptors (Lipinski definition) is 4. The van der Waals surface area contributed by atoms with Gasteiger partial charge in [-0.25, -0.2) is 0 Å². The van der Waals surface area contributed by atoms with Crippen LogP contribution in [0.25, 0.3) is 0 Å². The summed E-state index contributed by atoms with van der Waals surface area (Å²) in [4.78, 5) is 25.8. The van der Waals surface area contributed by atoms with Crippen molar-refractivity contribution in [3.63, 3.8) is 0 Å². The minimum Gasteiger partial charge on any atom is -0.493 e. The minimum atomic E-state index is -0.209. The zero-order valence-corrected chi connectivity index (χ0v) is 15.5. The number of ether oxygens (including phenoxy) is 2. The molecular formula is C20H24N2O4. The van der Waals surface area contributed by atoms with Gasteiger partial charge in [-0.15, -0.1) is 0 Å². The molecule has 0 aliphatic carbocycles. The summed E-state index contributed by atoms with van der Waals surface area (Å²) < 4.78 is 10.7. The number of rotatable bonds is 7. The third-order valence-corrected chi connectivity index (χ3v) is 3.79. The van der Waals surface area contributed by atoms with Crippen LogP contribution in [0.2, 0.25) is 0 Å². The Morgan fingerprint density at radius 3 is 2.23 bits per heavy atom. The molecule has 0 aromatic heterocycles. The fourth-order valence-corrected chi connectivity index (χ4v) is 2.39. The number of amides is 2. The van der Waals surface area contributed by atoms with Crippen LogP contribution < -0.4 is 14.8 Å². The second-order valence-electron chi connectivity index (χ2n) is 5.88. The number of carbonyl (C=O) groups is 2. The second kappa shape index (κ2) is 8.89. The molecule has 0 aliphatic rings. The molecule has 0 spiro atoms. The van der Waals surface area contributed by atoms with Crippen molar-refractivity contribution in [2.75, 3.05) is 27.8 Å². The van der Waals surface area contributed by atoms with E-state index in [9.17, 15) is 9.59 Å². The Bertz CT molecular complexity index is 770. The summed E-state index contributed by atoms with van der Waals surface area (Å²) in [6.45, 7) is 2.77. The highest BCUT2D eigenvalue weighted by Gasteiger charge is 2.11. The predicted octanol–water partition coefficient (Wildman–Crippen LogP) is 2.73. The maximum Gasteiger partial charge on any atom is 0.253 e. The smallest absolute Gasteiger partial charge is 0.253 e. The molecule has 2 rings (SSSR count). The highest BCUT2D eigenvalue weighted by atomic mass is 16.5. The Morgan fingerprint density at radius 1 is 1.00 bits per heavy atom. The molecular weight excluding hydrogens is 332 g/mol. The summed E-state index contributed by atoms with van der Waals surface area (Å²) in [5.74, 6) is 0.862. The van der Waals surface area contributed by atoms with Crippen molar-refractivity contribution in [1.82, 2.24) is 10.2 Å². The van der Waals surface area contributed by atoms with Crippen LogP contribution in [0.4, 0.5) is 0 Å². The lowest BCUT2D eigenvalue weighted by Gasteiger charge is -2.12. The number of methoxy groups -OCH3 is 1. The van der Waals surface area contributed by atoms with Crippen molar-refractivity contribution in [3.8, 4) is 11.5 Å². The summed E-state index contributed by atoms with van der Waals surface area (Å²) in [7, 11) is 4.96. The maximum absolute atomic E-state index is 12.4. The van der Waals surface area contributed by atoms with E-state index in [4.69, 9.17) is 9.47 Å². The summed E-state index contributed by atoms with van der Waals surface area (Å²) in [5, 5.41) is 2.86. The summed E-state index contributed by atoms with van der Waals surface area (Å²) in [6, 6.07) is 12.2. The third kappa shape index (κ3) is 4.75. The van der Waals surface area contributed by atoms with Gasteiger partial charge in [0.25, 0.3) is 11.8 Å². The van der Waals surface area contributed by atoms with E-state index in [1.807, 2.05) is 19.1 Å². The van der Waals surface area contributed by atoms with E-state index in [0.29, 0.717) is 35.8 Å². The van der Waals surface area contributed by atoms with Gasteiger partial charge >= 0.3 is 0 Å². The Labute approximate surface area is 153 Å². The van der Waals surface area contributed by atoms with E-state index in [1.165, 1.54) is 12.0 Å². The average Bonchev–Trinajstić information content (AvgIpc) is 2.66. The first-order valence-corrected chi connectivity index (χ1v) is 8.36. The fourth-order valence-electron chi connectivity index (χ4n) is 2.39. The van der Waals surface area contributed by atoms with Crippen LogP contribution in [0, 0.1) is 0 Å². The van der Waals surface area contributed by atoms with E-state index < -0.39 is 0 Å². The lowest BCUT2D eigenvalue weighted by Crippen LogP contribution is -2.23. The normalized spacial score (nSPS) is 10.2. The molecule has 0 saturated carbocycles. The molecule has 6 nitrogen and oxygen atoms in total. The molecule has 0 unspecified atom stereocenters. The SMILES string of the molecule is CCOc1ccc(C(=O)NCc2ccc(C(=O)N(C)C)cc2)cc1OC. The number of hydrogen-bond donors (Lipinski definition) is 1. The highest BCUT2D eigenvalue weighted by Crippen LogP contribution is 2.28. The lowest BCUT2D eigenvalue weighted by atomic mass is 10.1. The molecule has 0 radical (unpaired) electrons. The topological polar surface area (TPSA) is 67.9 Å². The van der Waals surface area contributed by atoms with Crippen molar-refractivity contribution in [1.29, 1.82) is 0 Å². The van der Waals surface area contributed by atoms with Crippen LogP contribution in [-0.4, -0.2) is 44.5 Å². The molecule has 0 fully saturated rings. The standard InChI is InChI=1S/C20H24N2O4/c1-5-26-17-11-10-16(12-18(17)25-4)19(23)21-13-14-6-8-15(9-7-14)20(24)22(2)3/h6-12H,5,13H2,1-4H3,(H,21,23). The summed E-state index contributed by atoms with van der Waals surface area (Å²) in [5.41, 5.74) is 2.01. The quantitative estimate of drug-likeness (QED) is 0.828. The van der Waals surface area contributed by atoms with E-state index in [0.717, 1.165) is 5.56 Å². The van der Waals surface area contributed by atoms with Crippen LogP contribution >= 0.6 is 0 Å². The van der Waals surface area contributed by atoms with Gasteiger partial charge in [0.05, 0.1) is 13.7 Å². The van der Waals surface area contributed by atoms with Gasteiger partial charge in [-0.1, -0.05) is 12.1 Å². The van der Waals surface area contributed by atoms with Crippen LogP contribution in [0.3, 0.4) is 0 Å². The molecule has 0 atom stereocenters. The van der Waals surface area contributed by atoms with Gasteiger partial charge < -0.3 is 19.7 Å². The van der Waals surface area contributed by atoms with Crippen molar-refractivity contribution in [2.24, 2.45) is 0 Å². The fraction of sp³-hybridized carbons (Fsp3) is 0.300. The van der Waals surface area contributed by atoms with Gasteiger partial charge in [0.2, 0.25) is 0 Å². The van der Waals surface area contributed by atoms with Crippen LogP contribution in [0.15, 0.2) is 42.5 Å². The number of carbonyl (C=O) groups excluding carboxylic acids is 2. The first-order chi connectivity index (χ1) is 12.5. The molecule has 6 heteroatoms. The van der Waals surface area contributed by atoms with Gasteiger partial charge in [-0.3, -0.25) is 9.59 Å². The maximum atomic E-state index is 12.4. The first kappa shape index (κ1) is 19.3. The zero-order chi connectivity index (χ0) is 19.1. The number of benzene rings is 2. The van der Waals surface area contributed by atoms with Gasteiger partial charge in [0.15, 0.2) is 11.5 Å². The van der Waals surface area contributed by atoms with Crippen molar-refractivity contribution < 1.29 is 19.1 Å². The zero-order valence-electron chi connectivity index (χ0n) is 15.5. The minimum absolute atomic E-state index is 0.0536. The molecule has 0 saturated heterocycles. The van der Waals surface area contributed by atoms with Gasteiger partial charge in [-0.05, 0) is 42.8 Å². The molecule has 2 aromatic rings. The van der Waals surface area contributed by atoms with Gasteiger partial charge in [0, 0.05) is 31.8 Å². The summed E-state index contributed by atoms with van der Waals surface area (Å²) >= 11 is 0. The predicted molar refractivity (Wildman–Crippen MR) is 99.8 cm³/mol. The van der Waals surface area contributed by atoms with Crippen LogP contribution in [0.1, 0.15) is 33.2 Å². The largest absolute Gasteiger partial charge is 0.493 e.